The number of hydrogen-bond acceptors (Lipinski definition) is 5. The number of hydrogen-bond donors (Lipinski definition) is 1. The summed E-state index contributed by atoms with van der Waals surface area (Å²) < 4.78 is 14.4. The van der Waals surface area contributed by atoms with E-state index in [1.165, 1.54) is 29.2 Å². The van der Waals surface area contributed by atoms with Crippen molar-refractivity contribution in [3.05, 3.63) is 83.7 Å². The van der Waals surface area contributed by atoms with Crippen molar-refractivity contribution in [2.45, 2.75) is 16.5 Å². The third-order valence-corrected chi connectivity index (χ3v) is 6.21. The molecule has 0 saturated heterocycles. The fraction of sp³-hybridized carbons (Fsp3) is 0.0952. The zero-order valence-corrected chi connectivity index (χ0v) is 16.4. The Morgan fingerprint density at radius 2 is 1.71 bits per heavy atom. The van der Waals surface area contributed by atoms with Gasteiger partial charge in [-0.25, -0.2) is 4.39 Å². The first-order chi connectivity index (χ1) is 13.7. The monoisotopic (exact) mass is 409 g/mol. The quantitative estimate of drug-likeness (QED) is 0.347. The minimum absolute atomic E-state index is 0.141. The molecule has 4 aromatic rings. The van der Waals surface area contributed by atoms with Crippen molar-refractivity contribution in [3.63, 3.8) is 0 Å². The van der Waals surface area contributed by atoms with Gasteiger partial charge in [0.2, 0.25) is 11.0 Å². The van der Waals surface area contributed by atoms with Crippen LogP contribution in [0.1, 0.15) is 11.1 Å². The Bertz CT molecular complexity index is 1120. The number of nitrogens with zero attached hydrogens (tertiary/aromatic N) is 2. The second-order valence-corrected chi connectivity index (χ2v) is 8.32. The van der Waals surface area contributed by atoms with E-state index >= 15 is 0 Å². The molecule has 0 saturated carbocycles. The Labute approximate surface area is 169 Å². The number of fused-ring (bicyclic) bond motifs is 1. The second-order valence-electron chi connectivity index (χ2n) is 6.12. The molecule has 3 aromatic carbocycles. The van der Waals surface area contributed by atoms with Gasteiger partial charge in [-0.2, -0.15) is 0 Å². The van der Waals surface area contributed by atoms with Crippen LogP contribution >= 0.6 is 23.1 Å². The van der Waals surface area contributed by atoms with E-state index in [0.29, 0.717) is 20.8 Å². The lowest BCUT2D eigenvalue weighted by Crippen LogP contribution is -2.14. The van der Waals surface area contributed by atoms with Crippen LogP contribution in [-0.2, 0) is 17.0 Å². The maximum Gasteiger partial charge on any atom is 0.230 e. The predicted octanol–water partition coefficient (Wildman–Crippen LogP) is 5.30. The Kier molecular flexibility index (Phi) is 5.64. The number of nitrogens with one attached hydrogen (secondary N) is 1. The Hall–Kier alpha value is -2.77. The molecule has 1 heterocycles. The van der Waals surface area contributed by atoms with Crippen LogP contribution in [0, 0.1) is 5.82 Å². The summed E-state index contributed by atoms with van der Waals surface area (Å²) in [7, 11) is 0. The number of anilines is 1. The van der Waals surface area contributed by atoms with Gasteiger partial charge in [-0.15, -0.1) is 10.2 Å². The Balaban J connectivity index is 1.38. The van der Waals surface area contributed by atoms with Crippen LogP contribution in [0.3, 0.4) is 0 Å². The van der Waals surface area contributed by atoms with Gasteiger partial charge in [0, 0.05) is 5.75 Å². The fourth-order valence-corrected chi connectivity index (χ4v) is 4.61. The Morgan fingerprint density at radius 3 is 2.61 bits per heavy atom. The topological polar surface area (TPSA) is 54.9 Å². The van der Waals surface area contributed by atoms with Gasteiger partial charge in [0.25, 0.3) is 0 Å². The summed E-state index contributed by atoms with van der Waals surface area (Å²) >= 11 is 2.68. The molecule has 0 radical (unpaired) electrons. The molecule has 7 heteroatoms. The smallest absolute Gasteiger partial charge is 0.230 e. The van der Waals surface area contributed by atoms with Crippen molar-refractivity contribution in [3.8, 4) is 0 Å². The number of aromatic nitrogens is 2. The molecular formula is C21H16FN3OS2. The lowest BCUT2D eigenvalue weighted by molar-refractivity contribution is -0.115. The number of halogens is 1. The molecule has 1 aromatic heterocycles. The highest BCUT2D eigenvalue weighted by molar-refractivity contribution is 8.00. The largest absolute Gasteiger partial charge is 0.300 e. The van der Waals surface area contributed by atoms with Gasteiger partial charge < -0.3 is 5.32 Å². The predicted molar refractivity (Wildman–Crippen MR) is 112 cm³/mol. The average molecular weight is 410 g/mol. The van der Waals surface area contributed by atoms with Gasteiger partial charge in [-0.3, -0.25) is 4.79 Å². The number of rotatable bonds is 6. The summed E-state index contributed by atoms with van der Waals surface area (Å²) in [6.45, 7) is 0. The van der Waals surface area contributed by atoms with Crippen LogP contribution < -0.4 is 5.32 Å². The van der Waals surface area contributed by atoms with Crippen LogP contribution in [0.15, 0.2) is 71.1 Å². The molecule has 0 aliphatic carbocycles. The highest BCUT2D eigenvalue weighted by atomic mass is 32.2. The van der Waals surface area contributed by atoms with Gasteiger partial charge in [-0.1, -0.05) is 83.8 Å². The van der Waals surface area contributed by atoms with Crippen molar-refractivity contribution in [1.82, 2.24) is 10.2 Å². The minimum atomic E-state index is -0.233. The van der Waals surface area contributed by atoms with Crippen LogP contribution in [0.5, 0.6) is 0 Å². The highest BCUT2D eigenvalue weighted by Crippen LogP contribution is 2.29. The van der Waals surface area contributed by atoms with Crippen LogP contribution in [0.2, 0.25) is 0 Å². The van der Waals surface area contributed by atoms with E-state index in [0.717, 1.165) is 16.3 Å². The van der Waals surface area contributed by atoms with E-state index in [9.17, 15) is 9.18 Å². The third-order valence-electron chi connectivity index (χ3n) is 4.19. The van der Waals surface area contributed by atoms with Crippen LogP contribution in [0.25, 0.3) is 10.8 Å². The summed E-state index contributed by atoms with van der Waals surface area (Å²) in [4.78, 5) is 12.4. The molecule has 28 heavy (non-hydrogen) atoms. The van der Waals surface area contributed by atoms with Crippen molar-refractivity contribution >= 4 is 44.9 Å². The number of carbonyl (C=O) groups excluding carboxylic acids is 1. The Morgan fingerprint density at radius 1 is 0.964 bits per heavy atom. The molecule has 1 amide bonds. The second kappa shape index (κ2) is 8.50. The lowest BCUT2D eigenvalue weighted by atomic mass is 10.0. The van der Waals surface area contributed by atoms with Crippen molar-refractivity contribution in [1.29, 1.82) is 0 Å². The zero-order valence-electron chi connectivity index (χ0n) is 14.8. The molecule has 1 N–H and O–H groups in total. The summed E-state index contributed by atoms with van der Waals surface area (Å²) in [5, 5.41) is 13.5. The maximum atomic E-state index is 13.7. The standard InChI is InChI=1S/C21H16FN3OS2/c22-18-11-4-2-7-16(18)13-27-21-25-24-20(28-21)23-19(26)12-15-9-5-8-14-6-1-3-10-17(14)15/h1-11H,12-13H2,(H,23,24,26). The van der Waals surface area contributed by atoms with E-state index in [2.05, 4.69) is 15.5 Å². The molecule has 0 bridgehead atoms. The third kappa shape index (κ3) is 4.37. The first-order valence-electron chi connectivity index (χ1n) is 8.65. The summed E-state index contributed by atoms with van der Waals surface area (Å²) in [6.07, 6.45) is 0.263. The number of amides is 1. The van der Waals surface area contributed by atoms with Crippen LogP contribution in [-0.4, -0.2) is 16.1 Å². The van der Waals surface area contributed by atoms with E-state index in [1.54, 1.807) is 18.2 Å². The maximum absolute atomic E-state index is 13.7. The van der Waals surface area contributed by atoms with Crippen molar-refractivity contribution < 1.29 is 9.18 Å². The van der Waals surface area contributed by atoms with Gasteiger partial charge in [-0.05, 0) is 28.0 Å². The molecule has 140 valence electrons. The SMILES string of the molecule is O=C(Cc1cccc2ccccc12)Nc1nnc(SCc2ccccc2F)s1. The molecule has 0 fully saturated rings. The van der Waals surface area contributed by atoms with Gasteiger partial charge >= 0.3 is 0 Å². The molecule has 4 rings (SSSR count). The molecule has 0 atom stereocenters. The molecule has 0 aliphatic rings. The molecule has 0 spiro atoms. The number of benzene rings is 3. The van der Waals surface area contributed by atoms with E-state index < -0.39 is 0 Å². The zero-order chi connectivity index (χ0) is 19.3. The van der Waals surface area contributed by atoms with Gasteiger partial charge in [0.05, 0.1) is 6.42 Å². The van der Waals surface area contributed by atoms with Crippen molar-refractivity contribution in [2.24, 2.45) is 0 Å². The molecule has 4 nitrogen and oxygen atoms in total. The summed E-state index contributed by atoms with van der Waals surface area (Å²) in [5.74, 6) is 0.0897. The molecule has 0 aliphatic heterocycles. The normalized spacial score (nSPS) is 10.9. The van der Waals surface area contributed by atoms with Gasteiger partial charge in [0.15, 0.2) is 4.34 Å². The fourth-order valence-electron chi connectivity index (χ4n) is 2.86. The summed E-state index contributed by atoms with van der Waals surface area (Å²) in [5.41, 5.74) is 1.58. The lowest BCUT2D eigenvalue weighted by Gasteiger charge is -2.06. The molecular weight excluding hydrogens is 393 g/mol. The number of carbonyl (C=O) groups is 1. The van der Waals surface area contributed by atoms with E-state index in [1.807, 2.05) is 42.5 Å². The van der Waals surface area contributed by atoms with E-state index in [4.69, 9.17) is 0 Å². The molecule has 0 unspecified atom stereocenters. The van der Waals surface area contributed by atoms with Gasteiger partial charge in [0.1, 0.15) is 5.82 Å². The average Bonchev–Trinajstić information content (AvgIpc) is 3.15. The van der Waals surface area contributed by atoms with E-state index in [-0.39, 0.29) is 18.1 Å². The number of thioether (sulfide) groups is 1. The minimum Gasteiger partial charge on any atom is -0.300 e. The highest BCUT2D eigenvalue weighted by Gasteiger charge is 2.12. The first-order valence-corrected chi connectivity index (χ1v) is 10.5. The van der Waals surface area contributed by atoms with Crippen LogP contribution in [0.4, 0.5) is 9.52 Å². The van der Waals surface area contributed by atoms with Crippen molar-refractivity contribution in [2.75, 3.05) is 5.32 Å². The first kappa shape index (κ1) is 18.6. The summed E-state index contributed by atoms with van der Waals surface area (Å²) in [6, 6.07) is 20.6.